The maximum Gasteiger partial charge on any atom is -0.00205 e. The van der Waals surface area contributed by atoms with Crippen molar-refractivity contribution in [1.82, 2.24) is 0 Å². The Balaban J connectivity index is 0.000000845. The van der Waals surface area contributed by atoms with Crippen LogP contribution in [0.15, 0.2) is 0 Å². The van der Waals surface area contributed by atoms with E-state index in [1.165, 1.54) is 38.5 Å². The molecule has 0 aromatic carbocycles. The summed E-state index contributed by atoms with van der Waals surface area (Å²) in [5.74, 6) is 0. The lowest BCUT2D eigenvalue weighted by atomic mass is 9.54. The summed E-state index contributed by atoms with van der Waals surface area (Å²) in [6.07, 6.45) is 8.00. The minimum absolute atomic E-state index is 0. The molecule has 2 nitrogen and oxygen atoms in total. The van der Waals surface area contributed by atoms with Gasteiger partial charge in [0, 0.05) is 0 Å². The first-order valence-corrected chi connectivity index (χ1v) is 5.14. The molecular weight excluding hydrogens is 184 g/mol. The Kier molecular flexibility index (Phi) is 3.26. The normalized spacial score (nSPS) is 42.9. The fourth-order valence-electron chi connectivity index (χ4n) is 2.95. The maximum atomic E-state index is 5.83. The van der Waals surface area contributed by atoms with Gasteiger partial charge in [-0.15, -0.1) is 12.4 Å². The Hall–Kier alpha value is 0.210. The van der Waals surface area contributed by atoms with Gasteiger partial charge in [-0.05, 0) is 62.4 Å². The number of fused-ring (bicyclic) bond motifs is 3. The number of halogens is 1. The van der Waals surface area contributed by atoms with Crippen LogP contribution in [-0.4, -0.2) is 13.1 Å². The molecule has 0 aromatic rings. The molecule has 2 bridgehead atoms. The molecule has 3 rings (SSSR count). The molecule has 0 saturated heterocycles. The van der Waals surface area contributed by atoms with Crippen molar-refractivity contribution in [3.63, 3.8) is 0 Å². The van der Waals surface area contributed by atoms with Crippen LogP contribution in [0.4, 0.5) is 0 Å². The molecule has 0 aromatic heterocycles. The highest BCUT2D eigenvalue weighted by Gasteiger charge is 2.46. The summed E-state index contributed by atoms with van der Waals surface area (Å²) in [5.41, 5.74) is 12.7. The van der Waals surface area contributed by atoms with Crippen LogP contribution in [0, 0.1) is 10.8 Å². The molecule has 0 radical (unpaired) electrons. The lowest BCUT2D eigenvalue weighted by Crippen LogP contribution is -2.48. The third-order valence-corrected chi connectivity index (χ3v) is 4.42. The molecule has 78 valence electrons. The number of hydrogen-bond acceptors (Lipinski definition) is 2. The number of hydrogen-bond donors (Lipinski definition) is 2. The van der Waals surface area contributed by atoms with E-state index in [1.54, 1.807) is 0 Å². The Morgan fingerprint density at radius 2 is 0.923 bits per heavy atom. The second-order valence-corrected chi connectivity index (χ2v) is 4.91. The molecule has 13 heavy (non-hydrogen) atoms. The van der Waals surface area contributed by atoms with Gasteiger partial charge in [0.25, 0.3) is 0 Å². The zero-order valence-electron chi connectivity index (χ0n) is 8.22. The van der Waals surface area contributed by atoms with E-state index in [1.807, 2.05) is 0 Å². The van der Waals surface area contributed by atoms with Crippen LogP contribution >= 0.6 is 12.4 Å². The lowest BCUT2D eigenvalue weighted by Gasteiger charge is -2.53. The van der Waals surface area contributed by atoms with Crippen molar-refractivity contribution in [2.24, 2.45) is 22.3 Å². The monoisotopic (exact) mass is 204 g/mol. The molecule has 0 heterocycles. The fraction of sp³-hybridized carbons (Fsp3) is 1.00. The van der Waals surface area contributed by atoms with Crippen LogP contribution in [0.5, 0.6) is 0 Å². The predicted octanol–water partition coefficient (Wildman–Crippen LogP) is 1.67. The van der Waals surface area contributed by atoms with Crippen LogP contribution in [0.3, 0.4) is 0 Å². The first kappa shape index (κ1) is 11.3. The zero-order chi connectivity index (χ0) is 8.66. The Morgan fingerprint density at radius 3 is 1.08 bits per heavy atom. The molecule has 0 aliphatic heterocycles. The fourth-order valence-corrected chi connectivity index (χ4v) is 2.95. The van der Waals surface area contributed by atoms with Crippen molar-refractivity contribution < 1.29 is 0 Å². The Labute approximate surface area is 86.8 Å². The molecule has 0 amide bonds. The van der Waals surface area contributed by atoms with Crippen molar-refractivity contribution in [3.05, 3.63) is 0 Å². The first-order chi connectivity index (χ1) is 5.74. The largest absolute Gasteiger partial charge is 0.330 e. The van der Waals surface area contributed by atoms with E-state index in [-0.39, 0.29) is 12.4 Å². The first-order valence-electron chi connectivity index (χ1n) is 5.14. The SMILES string of the molecule is Cl.NCC12CCC(CN)(CC1)CC2. The highest BCUT2D eigenvalue weighted by molar-refractivity contribution is 5.85. The Morgan fingerprint density at radius 1 is 0.692 bits per heavy atom. The molecule has 0 unspecified atom stereocenters. The summed E-state index contributed by atoms with van der Waals surface area (Å²) < 4.78 is 0. The van der Waals surface area contributed by atoms with E-state index in [9.17, 15) is 0 Å². The van der Waals surface area contributed by atoms with Crippen LogP contribution in [0.2, 0.25) is 0 Å². The van der Waals surface area contributed by atoms with Gasteiger partial charge in [-0.2, -0.15) is 0 Å². The van der Waals surface area contributed by atoms with Gasteiger partial charge >= 0.3 is 0 Å². The standard InChI is InChI=1S/C10H20N2.ClH/c11-7-9-1-2-10(8-12,5-3-9)6-4-9;/h1-8,11-12H2;1H. The van der Waals surface area contributed by atoms with E-state index in [0.29, 0.717) is 10.8 Å². The molecule has 0 spiro atoms. The lowest BCUT2D eigenvalue weighted by molar-refractivity contribution is 0.00316. The summed E-state index contributed by atoms with van der Waals surface area (Å²) in [6, 6.07) is 0. The minimum Gasteiger partial charge on any atom is -0.330 e. The highest BCUT2D eigenvalue weighted by atomic mass is 35.5. The summed E-state index contributed by atoms with van der Waals surface area (Å²) in [7, 11) is 0. The van der Waals surface area contributed by atoms with Gasteiger partial charge in [-0.3, -0.25) is 0 Å². The Bertz CT molecular complexity index is 137. The van der Waals surface area contributed by atoms with Gasteiger partial charge in [-0.1, -0.05) is 0 Å². The van der Waals surface area contributed by atoms with E-state index in [4.69, 9.17) is 11.5 Å². The quantitative estimate of drug-likeness (QED) is 0.719. The average molecular weight is 205 g/mol. The smallest absolute Gasteiger partial charge is 0.00205 e. The van der Waals surface area contributed by atoms with Gasteiger partial charge in [0.05, 0.1) is 0 Å². The van der Waals surface area contributed by atoms with E-state index >= 15 is 0 Å². The number of nitrogens with two attached hydrogens (primary N) is 2. The second kappa shape index (κ2) is 3.76. The second-order valence-electron chi connectivity index (χ2n) is 4.91. The molecular formula is C10H21ClN2. The van der Waals surface area contributed by atoms with Crippen LogP contribution in [0.25, 0.3) is 0 Å². The van der Waals surface area contributed by atoms with Crippen molar-refractivity contribution in [3.8, 4) is 0 Å². The van der Waals surface area contributed by atoms with Gasteiger partial charge < -0.3 is 11.5 Å². The highest BCUT2D eigenvalue weighted by Crippen LogP contribution is 2.55. The topological polar surface area (TPSA) is 52.0 Å². The van der Waals surface area contributed by atoms with Gasteiger partial charge in [0.2, 0.25) is 0 Å². The average Bonchev–Trinajstić information content (AvgIpc) is 2.21. The third-order valence-electron chi connectivity index (χ3n) is 4.42. The third kappa shape index (κ3) is 1.72. The summed E-state index contributed by atoms with van der Waals surface area (Å²) in [6.45, 7) is 1.79. The maximum absolute atomic E-state index is 5.83. The van der Waals surface area contributed by atoms with Gasteiger partial charge in [0.15, 0.2) is 0 Å². The van der Waals surface area contributed by atoms with E-state index in [0.717, 1.165) is 13.1 Å². The van der Waals surface area contributed by atoms with Gasteiger partial charge in [0.1, 0.15) is 0 Å². The van der Waals surface area contributed by atoms with Gasteiger partial charge in [-0.25, -0.2) is 0 Å². The van der Waals surface area contributed by atoms with Crippen LogP contribution < -0.4 is 11.5 Å². The van der Waals surface area contributed by atoms with E-state index < -0.39 is 0 Å². The zero-order valence-corrected chi connectivity index (χ0v) is 9.04. The van der Waals surface area contributed by atoms with E-state index in [2.05, 4.69) is 0 Å². The van der Waals surface area contributed by atoms with Crippen molar-refractivity contribution in [1.29, 1.82) is 0 Å². The predicted molar refractivity (Wildman–Crippen MR) is 57.9 cm³/mol. The minimum atomic E-state index is 0. The molecule has 3 aliphatic carbocycles. The van der Waals surface area contributed by atoms with Crippen LogP contribution in [-0.2, 0) is 0 Å². The van der Waals surface area contributed by atoms with Crippen molar-refractivity contribution in [2.75, 3.05) is 13.1 Å². The summed E-state index contributed by atoms with van der Waals surface area (Å²) in [4.78, 5) is 0. The van der Waals surface area contributed by atoms with Crippen molar-refractivity contribution >= 4 is 12.4 Å². The van der Waals surface area contributed by atoms with Crippen molar-refractivity contribution in [2.45, 2.75) is 38.5 Å². The summed E-state index contributed by atoms with van der Waals surface area (Å²) >= 11 is 0. The molecule has 3 heteroatoms. The molecule has 4 N–H and O–H groups in total. The number of rotatable bonds is 2. The molecule has 3 fully saturated rings. The molecule has 0 atom stereocenters. The summed E-state index contributed by atoms with van der Waals surface area (Å²) in [5, 5.41) is 0. The molecule has 3 aliphatic rings. The van der Waals surface area contributed by atoms with Crippen LogP contribution in [0.1, 0.15) is 38.5 Å². The molecule has 3 saturated carbocycles.